The van der Waals surface area contributed by atoms with Crippen LogP contribution in [0.1, 0.15) is 316 Å². The van der Waals surface area contributed by atoms with E-state index in [1.807, 2.05) is 0 Å². The summed E-state index contributed by atoms with van der Waals surface area (Å²) in [5, 5.41) is 9.00. The fourth-order valence-corrected chi connectivity index (χ4v) is 16.4. The molecular formula is C84H128Cl2P2Pd+2. The van der Waals surface area contributed by atoms with Gasteiger partial charge in [0.2, 0.25) is 0 Å². The van der Waals surface area contributed by atoms with E-state index >= 15 is 0 Å². The van der Waals surface area contributed by atoms with Gasteiger partial charge in [0.05, 0.1) is 15.8 Å². The van der Waals surface area contributed by atoms with Crippen LogP contribution in [0.15, 0.2) is 109 Å². The molecule has 0 saturated heterocycles. The van der Waals surface area contributed by atoms with Gasteiger partial charge in [-0.15, -0.1) is 0 Å². The van der Waals surface area contributed by atoms with Crippen LogP contribution in [0.2, 0.25) is 0 Å². The summed E-state index contributed by atoms with van der Waals surface area (Å²) in [7, 11) is 6.89. The van der Waals surface area contributed by atoms with Gasteiger partial charge in [0.25, 0.3) is 0 Å². The molecule has 0 heterocycles. The van der Waals surface area contributed by atoms with E-state index in [2.05, 4.69) is 358 Å². The van der Waals surface area contributed by atoms with Crippen LogP contribution in [-0.4, -0.2) is 0 Å². The van der Waals surface area contributed by atoms with Gasteiger partial charge < -0.3 is 0 Å². The van der Waals surface area contributed by atoms with Crippen molar-refractivity contribution in [2.24, 2.45) is 0 Å². The van der Waals surface area contributed by atoms with Crippen molar-refractivity contribution in [1.82, 2.24) is 0 Å². The molecule has 89 heavy (non-hydrogen) atoms. The fraction of sp³-hybridized carbons (Fsp3) is 0.571. The third-order valence-electron chi connectivity index (χ3n) is 17.7. The minimum absolute atomic E-state index is 0.0661. The van der Waals surface area contributed by atoms with Crippen molar-refractivity contribution >= 4 is 66.7 Å². The third kappa shape index (κ3) is 21.7. The predicted octanol–water partition coefficient (Wildman–Crippen LogP) is 23.3. The van der Waals surface area contributed by atoms with E-state index in [1.54, 1.807) is 0 Å². The number of halogens is 2. The van der Waals surface area contributed by atoms with E-state index in [-0.39, 0.29) is 80.9 Å². The summed E-state index contributed by atoms with van der Waals surface area (Å²) in [4.78, 5) is 0. The average Bonchev–Trinajstić information content (AvgIpc) is 0.871. The van der Waals surface area contributed by atoms with Gasteiger partial charge in [-0.05, 0) is 205 Å². The van der Waals surface area contributed by atoms with E-state index in [9.17, 15) is 0 Å². The molecule has 6 rings (SSSR count). The Morgan fingerprint density at radius 1 is 0.169 bits per heavy atom. The summed E-state index contributed by atoms with van der Waals surface area (Å²) in [6.45, 7) is 85.0. The fourth-order valence-electron chi connectivity index (χ4n) is 10.8. The van der Waals surface area contributed by atoms with E-state index in [0.29, 0.717) is 0 Å². The van der Waals surface area contributed by atoms with Crippen molar-refractivity contribution in [2.75, 3.05) is 0 Å². The summed E-state index contributed by atoms with van der Waals surface area (Å²) >= 11 is -0.106. The molecule has 0 spiro atoms. The van der Waals surface area contributed by atoms with E-state index in [0.717, 1.165) is 0 Å². The standard InChI is InChI=1S/2C42H63P.2ClH.Pd/c2*1-37(2,3)28-19-29(38(4,5)6)23-34(22-28)43(35-24-30(39(7,8)9)20-31(25-35)40(10,11)12)36-26-32(41(13,14)15)21-33(27-36)42(16,17)18;;;/h2*19-27H,1-18H3;2*1H;/q;;;;+2. The van der Waals surface area contributed by atoms with Crippen molar-refractivity contribution < 1.29 is 15.9 Å². The van der Waals surface area contributed by atoms with Crippen LogP contribution in [0.4, 0.5) is 0 Å². The van der Waals surface area contributed by atoms with Gasteiger partial charge in [-0.2, -0.15) is 0 Å². The topological polar surface area (TPSA) is 0 Å². The molecule has 496 valence electrons. The molecule has 0 nitrogen and oxygen atoms in total. The summed E-state index contributed by atoms with van der Waals surface area (Å²) < 4.78 is 0. The molecule has 5 heteroatoms. The molecule has 0 aliphatic carbocycles. The van der Waals surface area contributed by atoms with Crippen LogP contribution < -0.4 is 31.8 Å². The van der Waals surface area contributed by atoms with E-state index in [1.165, 1.54) is 98.6 Å². The monoisotopic (exact) mass is 1370 g/mol. The first kappa shape index (κ1) is 78.9. The number of rotatable bonds is 6. The van der Waals surface area contributed by atoms with Crippen LogP contribution in [-0.2, 0) is 80.9 Å². The second-order valence-electron chi connectivity index (χ2n) is 38.6. The number of benzene rings is 6. The molecule has 0 amide bonds. The van der Waals surface area contributed by atoms with Gasteiger partial charge in [-0.25, -0.2) is 0 Å². The van der Waals surface area contributed by atoms with Gasteiger partial charge in [-0.1, -0.05) is 286 Å². The molecular weight excluding hydrogens is 1250 g/mol. The molecule has 0 N–H and O–H groups in total. The van der Waals surface area contributed by atoms with Crippen LogP contribution >= 0.6 is 34.9 Å². The molecule has 0 aromatic heterocycles. The molecule has 0 bridgehead atoms. The second kappa shape index (κ2) is 27.6. The summed E-state index contributed by atoms with van der Waals surface area (Å²) in [6, 6.07) is 45.6. The molecule has 6 aromatic carbocycles. The Balaban J connectivity index is 0.000000364. The molecule has 0 saturated carbocycles. The molecule has 0 unspecified atom stereocenters. The third-order valence-corrected chi connectivity index (χ3v) is 22.9. The van der Waals surface area contributed by atoms with Crippen molar-refractivity contribution in [3.05, 3.63) is 176 Å². The second-order valence-corrected chi connectivity index (χ2v) is 45.9. The van der Waals surface area contributed by atoms with E-state index < -0.39 is 15.8 Å². The number of hydrogen-bond donors (Lipinski definition) is 0. The van der Waals surface area contributed by atoms with Gasteiger partial charge in [-0.3, -0.25) is 0 Å². The van der Waals surface area contributed by atoms with Gasteiger partial charge in [0.15, 0.2) is 0 Å². The Hall–Kier alpha value is -2.58. The Labute approximate surface area is 568 Å². The Kier molecular flexibility index (Phi) is 24.5. The van der Waals surface area contributed by atoms with Gasteiger partial charge >= 0.3 is 35.0 Å². The number of hydrogen-bond acceptors (Lipinski definition) is 0. The minimum atomic E-state index is -1.37. The molecule has 6 aromatic rings. The van der Waals surface area contributed by atoms with E-state index in [4.69, 9.17) is 19.1 Å². The van der Waals surface area contributed by atoms with Crippen molar-refractivity contribution in [3.63, 3.8) is 0 Å². The van der Waals surface area contributed by atoms with Crippen LogP contribution in [0, 0.1) is 0 Å². The van der Waals surface area contributed by atoms with Crippen molar-refractivity contribution in [1.29, 1.82) is 0 Å². The van der Waals surface area contributed by atoms with Crippen LogP contribution in [0.5, 0.6) is 0 Å². The zero-order chi connectivity index (χ0) is 69.0. The average molecular weight is 1380 g/mol. The molecule has 0 radical (unpaired) electrons. The first-order chi connectivity index (χ1) is 39.6. The van der Waals surface area contributed by atoms with Gasteiger partial charge in [0.1, 0.15) is 31.8 Å². The van der Waals surface area contributed by atoms with Gasteiger partial charge in [0, 0.05) is 0 Å². The van der Waals surface area contributed by atoms with Crippen molar-refractivity contribution in [3.8, 4) is 0 Å². The summed E-state index contributed by atoms with van der Waals surface area (Å²) in [5.74, 6) is 0. The zero-order valence-electron chi connectivity index (χ0n) is 63.5. The maximum absolute atomic E-state index is 4.81. The molecule has 0 atom stereocenters. The molecule has 0 aliphatic rings. The Morgan fingerprint density at radius 3 is 0.292 bits per heavy atom. The summed E-state index contributed by atoms with van der Waals surface area (Å²) in [5.41, 5.74) is 18.0. The Morgan fingerprint density at radius 2 is 0.236 bits per heavy atom. The predicted molar refractivity (Wildman–Crippen MR) is 409 cm³/mol. The van der Waals surface area contributed by atoms with Crippen molar-refractivity contribution in [2.45, 2.75) is 314 Å². The zero-order valence-corrected chi connectivity index (χ0v) is 68.5. The van der Waals surface area contributed by atoms with Crippen LogP contribution in [0.3, 0.4) is 0 Å². The maximum atomic E-state index is 4.81. The quantitative estimate of drug-likeness (QED) is 0.115. The van der Waals surface area contributed by atoms with Crippen LogP contribution in [0.25, 0.3) is 0 Å². The first-order valence-electron chi connectivity index (χ1n) is 33.1. The normalized spacial score (nSPS) is 13.8. The SMILES string of the molecule is CC(C)(C)c1cc([PH+](c2cc(C(C)(C)C)cc(C(C)(C)C)c2)c2cc(C(C)(C)C)cc(C(C)(C)C)c2)cc(C(C)(C)C)c1.CC(C)(C)c1cc([PH+](c2cc(C(C)(C)C)cc(C(C)(C)C)c2)c2cc(C(C)(C)C)cc(C(C)(C)C)c2)cc(C(C)(C)C)c1.[Cl][Pd][Cl]. The molecule has 0 aliphatic heterocycles. The Bertz CT molecular complexity index is 2600. The summed E-state index contributed by atoms with van der Waals surface area (Å²) in [6.07, 6.45) is 0. The first-order valence-corrected chi connectivity index (χ1v) is 40.1. The molecule has 0 fully saturated rings.